The molecule has 0 unspecified atom stereocenters. The maximum absolute atomic E-state index is 4.58. The fourth-order valence-corrected chi connectivity index (χ4v) is 2.25. The summed E-state index contributed by atoms with van der Waals surface area (Å²) in [6.45, 7) is 0. The van der Waals surface area contributed by atoms with Crippen molar-refractivity contribution in [1.82, 2.24) is 15.0 Å². The van der Waals surface area contributed by atoms with E-state index < -0.39 is 0 Å². The maximum atomic E-state index is 4.58. The van der Waals surface area contributed by atoms with Gasteiger partial charge in [-0.25, -0.2) is 9.97 Å². The third-order valence-electron chi connectivity index (χ3n) is 3.55. The topological polar surface area (TPSA) is 44.8 Å². The third-order valence-corrected chi connectivity index (χ3v) is 3.55. The van der Waals surface area contributed by atoms with Gasteiger partial charge in [-0.2, -0.15) is 0 Å². The number of aromatic nitrogens is 3. The van der Waals surface area contributed by atoms with Crippen LogP contribution in [0.3, 0.4) is 0 Å². The SMILES string of the molecule is CN(C)c1ccc2[nH]c(CC3CCC3)nc2n1. The van der Waals surface area contributed by atoms with E-state index in [0.717, 1.165) is 35.1 Å². The van der Waals surface area contributed by atoms with E-state index in [0.29, 0.717) is 0 Å². The van der Waals surface area contributed by atoms with Crippen LogP contribution in [-0.2, 0) is 6.42 Å². The highest BCUT2D eigenvalue weighted by Crippen LogP contribution is 2.29. The van der Waals surface area contributed by atoms with Gasteiger partial charge in [0, 0.05) is 20.5 Å². The third kappa shape index (κ3) is 1.99. The number of nitrogens with zero attached hydrogens (tertiary/aromatic N) is 3. The molecule has 1 N–H and O–H groups in total. The minimum absolute atomic E-state index is 0.837. The summed E-state index contributed by atoms with van der Waals surface area (Å²) in [5.74, 6) is 2.89. The molecule has 0 bridgehead atoms. The number of pyridine rings is 1. The highest BCUT2D eigenvalue weighted by atomic mass is 15.1. The number of aromatic amines is 1. The average Bonchev–Trinajstić information content (AvgIpc) is 2.64. The Morgan fingerprint density at radius 1 is 1.29 bits per heavy atom. The fraction of sp³-hybridized carbons (Fsp3) is 0.538. The lowest BCUT2D eigenvalue weighted by Crippen LogP contribution is -2.14. The minimum atomic E-state index is 0.837. The van der Waals surface area contributed by atoms with E-state index in [-0.39, 0.29) is 0 Å². The number of H-pyrrole nitrogens is 1. The number of hydrogen-bond acceptors (Lipinski definition) is 3. The van der Waals surface area contributed by atoms with E-state index in [1.54, 1.807) is 0 Å². The molecule has 17 heavy (non-hydrogen) atoms. The summed E-state index contributed by atoms with van der Waals surface area (Å²) >= 11 is 0. The molecule has 2 heterocycles. The summed E-state index contributed by atoms with van der Waals surface area (Å²) in [6.07, 6.45) is 5.17. The Kier molecular flexibility index (Phi) is 2.50. The molecule has 1 fully saturated rings. The molecule has 0 aliphatic heterocycles. The molecule has 0 atom stereocenters. The largest absolute Gasteiger partial charge is 0.363 e. The van der Waals surface area contributed by atoms with Crippen LogP contribution in [0.4, 0.5) is 5.82 Å². The zero-order valence-corrected chi connectivity index (χ0v) is 10.4. The summed E-state index contributed by atoms with van der Waals surface area (Å²) in [4.78, 5) is 14.5. The molecule has 4 nitrogen and oxygen atoms in total. The first-order valence-electron chi connectivity index (χ1n) is 6.25. The van der Waals surface area contributed by atoms with Crippen molar-refractivity contribution in [2.45, 2.75) is 25.7 Å². The second-order valence-electron chi connectivity index (χ2n) is 5.12. The van der Waals surface area contributed by atoms with Crippen molar-refractivity contribution in [3.8, 4) is 0 Å². The maximum Gasteiger partial charge on any atom is 0.179 e. The van der Waals surface area contributed by atoms with Gasteiger partial charge < -0.3 is 9.88 Å². The van der Waals surface area contributed by atoms with Crippen LogP contribution >= 0.6 is 0 Å². The van der Waals surface area contributed by atoms with Gasteiger partial charge in [0.2, 0.25) is 0 Å². The Balaban J connectivity index is 1.89. The summed E-state index contributed by atoms with van der Waals surface area (Å²) < 4.78 is 0. The van der Waals surface area contributed by atoms with E-state index >= 15 is 0 Å². The predicted octanol–water partition coefficient (Wildman–Crippen LogP) is 2.37. The Morgan fingerprint density at radius 3 is 2.76 bits per heavy atom. The van der Waals surface area contributed by atoms with E-state index in [1.165, 1.54) is 19.3 Å². The predicted molar refractivity (Wildman–Crippen MR) is 69.3 cm³/mol. The number of fused-ring (bicyclic) bond motifs is 1. The van der Waals surface area contributed by atoms with Crippen molar-refractivity contribution >= 4 is 17.0 Å². The quantitative estimate of drug-likeness (QED) is 0.880. The first kappa shape index (κ1) is 10.6. The van der Waals surface area contributed by atoms with Gasteiger partial charge in [0.1, 0.15) is 11.6 Å². The number of rotatable bonds is 3. The highest BCUT2D eigenvalue weighted by molar-refractivity contribution is 5.73. The number of imidazole rings is 1. The van der Waals surface area contributed by atoms with Crippen molar-refractivity contribution in [2.75, 3.05) is 19.0 Å². The van der Waals surface area contributed by atoms with Crippen molar-refractivity contribution in [3.05, 3.63) is 18.0 Å². The van der Waals surface area contributed by atoms with Crippen molar-refractivity contribution in [2.24, 2.45) is 5.92 Å². The normalized spacial score (nSPS) is 16.1. The van der Waals surface area contributed by atoms with Gasteiger partial charge in [-0.05, 0) is 18.1 Å². The van der Waals surface area contributed by atoms with Crippen LogP contribution in [-0.4, -0.2) is 29.0 Å². The van der Waals surface area contributed by atoms with Gasteiger partial charge in [0.25, 0.3) is 0 Å². The monoisotopic (exact) mass is 230 g/mol. The molecule has 0 radical (unpaired) electrons. The lowest BCUT2D eigenvalue weighted by atomic mass is 9.83. The van der Waals surface area contributed by atoms with Crippen LogP contribution < -0.4 is 4.90 Å². The van der Waals surface area contributed by atoms with Crippen LogP contribution in [0.2, 0.25) is 0 Å². The zero-order chi connectivity index (χ0) is 11.8. The molecule has 0 spiro atoms. The summed E-state index contributed by atoms with van der Waals surface area (Å²) in [5.41, 5.74) is 1.88. The van der Waals surface area contributed by atoms with E-state index in [9.17, 15) is 0 Å². The smallest absolute Gasteiger partial charge is 0.179 e. The Morgan fingerprint density at radius 2 is 2.12 bits per heavy atom. The van der Waals surface area contributed by atoms with Crippen LogP contribution in [0.15, 0.2) is 12.1 Å². The van der Waals surface area contributed by atoms with Crippen molar-refractivity contribution in [1.29, 1.82) is 0 Å². The lowest BCUT2D eigenvalue weighted by molar-refractivity contribution is 0.310. The molecule has 2 aromatic heterocycles. The molecule has 1 aliphatic rings. The molecule has 2 aromatic rings. The zero-order valence-electron chi connectivity index (χ0n) is 10.4. The minimum Gasteiger partial charge on any atom is -0.363 e. The molecule has 3 rings (SSSR count). The Bertz CT molecular complexity index is 525. The van der Waals surface area contributed by atoms with Crippen LogP contribution in [0.1, 0.15) is 25.1 Å². The summed E-state index contributed by atoms with van der Waals surface area (Å²) in [6, 6.07) is 4.09. The molecular formula is C13H18N4. The molecule has 0 amide bonds. The van der Waals surface area contributed by atoms with Crippen molar-refractivity contribution < 1.29 is 0 Å². The molecule has 1 saturated carbocycles. The van der Waals surface area contributed by atoms with Gasteiger partial charge in [-0.3, -0.25) is 0 Å². The van der Waals surface area contributed by atoms with E-state index in [1.807, 2.05) is 25.1 Å². The fourth-order valence-electron chi connectivity index (χ4n) is 2.25. The van der Waals surface area contributed by atoms with Crippen LogP contribution in [0.25, 0.3) is 11.2 Å². The Hall–Kier alpha value is -1.58. The van der Waals surface area contributed by atoms with Crippen LogP contribution in [0.5, 0.6) is 0 Å². The second kappa shape index (κ2) is 4.02. The van der Waals surface area contributed by atoms with E-state index in [4.69, 9.17) is 0 Å². The molecule has 1 aliphatic carbocycles. The standard InChI is InChI=1S/C13H18N4/c1-17(2)12-7-6-10-13(16-12)15-11(14-10)8-9-4-3-5-9/h6-7,9H,3-5,8H2,1-2H3,(H,14,15,16). The summed E-state index contributed by atoms with van der Waals surface area (Å²) in [5, 5.41) is 0. The molecule has 0 saturated heterocycles. The van der Waals surface area contributed by atoms with Crippen LogP contribution in [0, 0.1) is 5.92 Å². The Labute approximate surface area is 101 Å². The van der Waals surface area contributed by atoms with Gasteiger partial charge in [-0.15, -0.1) is 0 Å². The molecular weight excluding hydrogens is 212 g/mol. The molecule has 0 aromatic carbocycles. The number of anilines is 1. The van der Waals surface area contributed by atoms with Crippen molar-refractivity contribution in [3.63, 3.8) is 0 Å². The lowest BCUT2D eigenvalue weighted by Gasteiger charge is -2.23. The average molecular weight is 230 g/mol. The highest BCUT2D eigenvalue weighted by Gasteiger charge is 2.19. The molecule has 90 valence electrons. The number of nitrogens with one attached hydrogen (secondary N) is 1. The molecule has 4 heteroatoms. The number of hydrogen-bond donors (Lipinski definition) is 1. The van der Waals surface area contributed by atoms with E-state index in [2.05, 4.69) is 21.0 Å². The van der Waals surface area contributed by atoms with Gasteiger partial charge in [0.05, 0.1) is 5.52 Å². The van der Waals surface area contributed by atoms with Gasteiger partial charge >= 0.3 is 0 Å². The van der Waals surface area contributed by atoms with Gasteiger partial charge in [0.15, 0.2) is 5.65 Å². The first-order chi connectivity index (χ1) is 8.22. The summed E-state index contributed by atoms with van der Waals surface area (Å²) in [7, 11) is 3.99. The van der Waals surface area contributed by atoms with Gasteiger partial charge in [-0.1, -0.05) is 19.3 Å². The second-order valence-corrected chi connectivity index (χ2v) is 5.12. The first-order valence-corrected chi connectivity index (χ1v) is 6.25.